The van der Waals surface area contributed by atoms with Crippen LogP contribution in [0.25, 0.3) is 0 Å². The van der Waals surface area contributed by atoms with Crippen LogP contribution in [0.15, 0.2) is 72.8 Å². The van der Waals surface area contributed by atoms with Gasteiger partial charge < -0.3 is 4.74 Å². The number of imide groups is 1. The number of alkyl halides is 2. The van der Waals surface area contributed by atoms with Crippen LogP contribution in [0.3, 0.4) is 0 Å². The maximum atomic E-state index is 14.0. The van der Waals surface area contributed by atoms with Gasteiger partial charge in [-0.1, -0.05) is 60.1 Å². The van der Waals surface area contributed by atoms with E-state index in [1.165, 1.54) is 26.0 Å². The summed E-state index contributed by atoms with van der Waals surface area (Å²) in [5.41, 5.74) is 2.99. The molecule has 1 saturated heterocycles. The molecule has 1 fully saturated rings. The molecular weight excluding hydrogens is 561 g/mol. The highest BCUT2D eigenvalue weighted by Gasteiger charge is 2.73. The van der Waals surface area contributed by atoms with Crippen LogP contribution in [0.4, 0.5) is 0 Å². The van der Waals surface area contributed by atoms with Gasteiger partial charge in [-0.25, -0.2) is 4.79 Å². The van der Waals surface area contributed by atoms with Gasteiger partial charge in [-0.15, -0.1) is 23.2 Å². The number of halogens is 3. The molecule has 0 spiro atoms. The van der Waals surface area contributed by atoms with Crippen molar-refractivity contribution < 1.29 is 23.9 Å². The summed E-state index contributed by atoms with van der Waals surface area (Å²) in [6, 6.07) is 19.5. The number of benzene rings is 3. The number of hydrogen-bond acceptors (Lipinski definition) is 5. The molecule has 0 saturated carbocycles. The number of likely N-dealkylation sites (tertiary alicyclic amines) is 1. The number of Topliss-reactive ketones (excluding diaryl/α,β-unsaturated/α-hetero) is 1. The summed E-state index contributed by atoms with van der Waals surface area (Å²) in [5, 5.41) is 0.463. The molecule has 0 aromatic heterocycles. The van der Waals surface area contributed by atoms with Gasteiger partial charge >= 0.3 is 5.97 Å². The first-order valence-electron chi connectivity index (χ1n) is 12.5. The predicted octanol–water partition coefficient (Wildman–Crippen LogP) is 5.44. The lowest BCUT2D eigenvalue weighted by Crippen LogP contribution is -2.57. The summed E-state index contributed by atoms with van der Waals surface area (Å²) in [5.74, 6) is -4.59. The number of amides is 2. The van der Waals surface area contributed by atoms with Crippen molar-refractivity contribution in [1.29, 1.82) is 0 Å². The van der Waals surface area contributed by atoms with E-state index >= 15 is 0 Å². The van der Waals surface area contributed by atoms with Crippen molar-refractivity contribution in [2.75, 3.05) is 0 Å². The maximum Gasteiger partial charge on any atom is 0.329 e. The predicted molar refractivity (Wildman–Crippen MR) is 146 cm³/mol. The average molecular weight is 583 g/mol. The minimum atomic E-state index is -1.35. The molecule has 2 amide bonds. The summed E-state index contributed by atoms with van der Waals surface area (Å²) >= 11 is 20.7. The molecule has 0 unspecified atom stereocenters. The van der Waals surface area contributed by atoms with Gasteiger partial charge in [0.25, 0.3) is 0 Å². The summed E-state index contributed by atoms with van der Waals surface area (Å²) in [6.07, 6.45) is -1.15. The third-order valence-corrected chi connectivity index (χ3v) is 9.68. The van der Waals surface area contributed by atoms with E-state index in [0.29, 0.717) is 32.8 Å². The lowest BCUT2D eigenvalue weighted by molar-refractivity contribution is -0.159. The Bertz CT molecular complexity index is 1450. The van der Waals surface area contributed by atoms with Crippen LogP contribution < -0.4 is 0 Å². The van der Waals surface area contributed by atoms with Crippen molar-refractivity contribution in [2.45, 2.75) is 35.7 Å². The second-order valence-electron chi connectivity index (χ2n) is 10.1. The number of hydrogen-bond donors (Lipinski definition) is 0. The lowest BCUT2D eigenvalue weighted by Gasteiger charge is -2.54. The Morgan fingerprint density at radius 2 is 1.18 bits per heavy atom. The molecule has 3 aliphatic carbocycles. The molecule has 1 aliphatic heterocycles. The van der Waals surface area contributed by atoms with E-state index in [1.807, 2.05) is 48.5 Å². The first-order valence-corrected chi connectivity index (χ1v) is 13.6. The van der Waals surface area contributed by atoms with Crippen molar-refractivity contribution in [3.8, 4) is 0 Å². The van der Waals surface area contributed by atoms with Crippen molar-refractivity contribution in [1.82, 2.24) is 4.90 Å². The van der Waals surface area contributed by atoms with E-state index < -0.39 is 57.3 Å². The average Bonchev–Trinajstić information content (AvgIpc) is 3.22. The number of ketones is 1. The fraction of sp³-hybridized carbons (Fsp3) is 0.267. The van der Waals surface area contributed by atoms with Gasteiger partial charge in [0.1, 0.15) is 15.8 Å². The molecule has 7 rings (SSSR count). The Kier molecular flexibility index (Phi) is 5.96. The van der Waals surface area contributed by atoms with E-state index in [-0.39, 0.29) is 0 Å². The molecule has 2 bridgehead atoms. The molecule has 6 nitrogen and oxygen atoms in total. The lowest BCUT2D eigenvalue weighted by atomic mass is 9.54. The Morgan fingerprint density at radius 3 is 1.59 bits per heavy atom. The third-order valence-electron chi connectivity index (χ3n) is 8.14. The second-order valence-corrected chi connectivity index (χ2v) is 11.8. The zero-order valence-electron chi connectivity index (χ0n) is 20.9. The zero-order valence-corrected chi connectivity index (χ0v) is 23.1. The van der Waals surface area contributed by atoms with Crippen LogP contribution in [-0.2, 0) is 28.9 Å². The fourth-order valence-electron chi connectivity index (χ4n) is 6.35. The van der Waals surface area contributed by atoms with E-state index in [2.05, 4.69) is 0 Å². The minimum Gasteiger partial charge on any atom is -0.453 e. The van der Waals surface area contributed by atoms with E-state index in [9.17, 15) is 19.2 Å². The van der Waals surface area contributed by atoms with Gasteiger partial charge in [-0.2, -0.15) is 0 Å². The molecule has 0 radical (unpaired) electrons. The Morgan fingerprint density at radius 1 is 0.769 bits per heavy atom. The molecule has 1 heterocycles. The van der Waals surface area contributed by atoms with E-state index in [4.69, 9.17) is 39.5 Å². The van der Waals surface area contributed by atoms with Gasteiger partial charge in [0.15, 0.2) is 6.10 Å². The standard InChI is InChI=1S/C30H22Cl3NO5/c1-15(28(38)39-16(2)25(35)17-11-13-18(31)14-12-17)34-26(36)23-24(27(34)37)30(33)20-8-4-3-7-19(20)29(23,32)21-9-5-6-10-22(21)30/h3-16,23-24H,1-2H3/t15-,16+,23-,24+,29?,30?/m1/s1. The van der Waals surface area contributed by atoms with Crippen molar-refractivity contribution in [3.05, 3.63) is 106 Å². The molecule has 4 aliphatic rings. The first kappa shape index (κ1) is 26.1. The normalized spacial score (nSPS) is 27.9. The van der Waals surface area contributed by atoms with Gasteiger partial charge in [-0.3, -0.25) is 19.3 Å². The molecule has 198 valence electrons. The smallest absolute Gasteiger partial charge is 0.329 e. The van der Waals surface area contributed by atoms with Gasteiger partial charge in [0.05, 0.1) is 11.8 Å². The maximum absolute atomic E-state index is 14.0. The highest BCUT2D eigenvalue weighted by Crippen LogP contribution is 2.69. The molecule has 3 aromatic carbocycles. The molecule has 39 heavy (non-hydrogen) atoms. The Labute approximate surface area is 239 Å². The van der Waals surface area contributed by atoms with Crippen LogP contribution in [0, 0.1) is 11.8 Å². The van der Waals surface area contributed by atoms with Crippen molar-refractivity contribution in [3.63, 3.8) is 0 Å². The third kappa shape index (κ3) is 3.41. The molecular formula is C30H22Cl3NO5. The molecule has 3 aromatic rings. The summed E-state index contributed by atoms with van der Waals surface area (Å²) in [7, 11) is 0. The van der Waals surface area contributed by atoms with Crippen molar-refractivity contribution in [2.24, 2.45) is 11.8 Å². The fourth-order valence-corrected chi connectivity index (χ4v) is 7.57. The minimum absolute atomic E-state index is 0.312. The first-order chi connectivity index (χ1) is 18.5. The quantitative estimate of drug-likeness (QED) is 0.173. The number of ether oxygens (including phenoxy) is 1. The Hall–Kier alpha value is -3.19. The number of carbonyl (C=O) groups excluding carboxylic acids is 4. The number of carbonyl (C=O) groups is 4. The number of nitrogens with zero attached hydrogens (tertiary/aromatic N) is 1. The zero-order chi connectivity index (χ0) is 27.9. The molecule has 9 heteroatoms. The monoisotopic (exact) mass is 581 g/mol. The van der Waals surface area contributed by atoms with Crippen LogP contribution in [0.5, 0.6) is 0 Å². The van der Waals surface area contributed by atoms with Crippen LogP contribution in [0.1, 0.15) is 46.5 Å². The molecule has 4 atom stereocenters. The highest BCUT2D eigenvalue weighted by atomic mass is 35.5. The Balaban J connectivity index is 1.34. The van der Waals surface area contributed by atoms with Gasteiger partial charge in [0, 0.05) is 10.6 Å². The second kappa shape index (κ2) is 8.91. The van der Waals surface area contributed by atoms with E-state index in [0.717, 1.165) is 4.90 Å². The summed E-state index contributed by atoms with van der Waals surface area (Å²) in [4.78, 5) is 52.2. The summed E-state index contributed by atoms with van der Waals surface area (Å²) in [6.45, 7) is 2.84. The van der Waals surface area contributed by atoms with Crippen molar-refractivity contribution >= 4 is 58.4 Å². The highest BCUT2D eigenvalue weighted by molar-refractivity contribution is 6.36. The van der Waals surface area contributed by atoms with Gasteiger partial charge in [-0.05, 0) is 60.4 Å². The SMILES string of the molecule is C[C@H](OC(=O)[C@@H](C)N1C(=O)[C@@H]2[C@H](C1=O)C1(Cl)c3ccccc3C2(Cl)c2ccccc21)C(=O)c1ccc(Cl)cc1. The van der Waals surface area contributed by atoms with Crippen LogP contribution in [-0.4, -0.2) is 40.6 Å². The number of esters is 1. The van der Waals surface area contributed by atoms with Crippen LogP contribution in [0.2, 0.25) is 5.02 Å². The summed E-state index contributed by atoms with van der Waals surface area (Å²) < 4.78 is 5.43. The van der Waals surface area contributed by atoms with E-state index in [1.54, 1.807) is 12.1 Å². The topological polar surface area (TPSA) is 80.8 Å². The number of rotatable bonds is 5. The molecule has 0 N–H and O–H groups in total. The largest absolute Gasteiger partial charge is 0.453 e. The van der Waals surface area contributed by atoms with Gasteiger partial charge in [0.2, 0.25) is 17.6 Å². The van der Waals surface area contributed by atoms with Crippen LogP contribution >= 0.6 is 34.8 Å².